The Bertz CT molecular complexity index is 674. The average Bonchev–Trinajstić information content (AvgIpc) is 2.72. The quantitative estimate of drug-likeness (QED) is 0.822. The molecule has 0 radical (unpaired) electrons. The van der Waals surface area contributed by atoms with Gasteiger partial charge in [-0.25, -0.2) is 0 Å². The van der Waals surface area contributed by atoms with Crippen LogP contribution in [0.3, 0.4) is 0 Å². The van der Waals surface area contributed by atoms with Gasteiger partial charge in [0.1, 0.15) is 0 Å². The fourth-order valence-electron chi connectivity index (χ4n) is 2.67. The Morgan fingerprint density at radius 1 is 0.773 bits per heavy atom. The molecule has 0 unspecified atom stereocenters. The van der Waals surface area contributed by atoms with Crippen molar-refractivity contribution in [3.05, 3.63) is 65.0 Å². The number of anilines is 2. The SMILES string of the molecule is CN=c1cccccc1Nc1c(C(C)C)cccc1C(C)C. The summed E-state index contributed by atoms with van der Waals surface area (Å²) in [5.74, 6) is 0.946. The van der Waals surface area contributed by atoms with E-state index in [9.17, 15) is 0 Å². The highest BCUT2D eigenvalue weighted by molar-refractivity contribution is 5.68. The molecule has 1 N–H and O–H groups in total. The van der Waals surface area contributed by atoms with E-state index < -0.39 is 0 Å². The maximum atomic E-state index is 4.39. The normalized spacial score (nSPS) is 12.0. The summed E-state index contributed by atoms with van der Waals surface area (Å²) < 4.78 is 0. The number of benzene rings is 1. The number of para-hydroxylation sites is 1. The number of nitrogens with one attached hydrogen (secondary N) is 1. The summed E-state index contributed by atoms with van der Waals surface area (Å²) in [4.78, 5) is 4.39. The fourth-order valence-corrected chi connectivity index (χ4v) is 2.67. The molecular weight excluding hydrogens is 268 g/mol. The molecule has 22 heavy (non-hydrogen) atoms. The van der Waals surface area contributed by atoms with E-state index in [4.69, 9.17) is 0 Å². The lowest BCUT2D eigenvalue weighted by Crippen LogP contribution is -2.10. The molecule has 0 heterocycles. The summed E-state index contributed by atoms with van der Waals surface area (Å²) in [6.45, 7) is 8.95. The second-order valence-electron chi connectivity index (χ2n) is 6.18. The molecular formula is C20H26N2. The topological polar surface area (TPSA) is 24.4 Å². The van der Waals surface area contributed by atoms with Gasteiger partial charge in [0.05, 0.1) is 11.0 Å². The van der Waals surface area contributed by atoms with Gasteiger partial charge in [0.15, 0.2) is 0 Å². The second-order valence-corrected chi connectivity index (χ2v) is 6.18. The number of rotatable bonds is 4. The molecule has 116 valence electrons. The van der Waals surface area contributed by atoms with Crippen LogP contribution in [-0.2, 0) is 0 Å². The third kappa shape index (κ3) is 3.56. The first-order chi connectivity index (χ1) is 10.5. The standard InChI is InChI=1S/C20H26N2/c1-14(2)16-10-9-11-17(15(3)4)20(16)22-19-13-8-6-7-12-18(19)21-5/h6-15H,1-5H3,(H,21,22). The van der Waals surface area contributed by atoms with Gasteiger partial charge >= 0.3 is 0 Å². The lowest BCUT2D eigenvalue weighted by molar-refractivity contribution is 0.838. The zero-order valence-electron chi connectivity index (χ0n) is 14.2. The lowest BCUT2D eigenvalue weighted by Gasteiger charge is -2.20. The molecule has 0 aliphatic rings. The Kier molecular flexibility index (Phi) is 5.37. The molecule has 2 aromatic carbocycles. The Hall–Kier alpha value is -2.09. The molecule has 0 aliphatic heterocycles. The van der Waals surface area contributed by atoms with E-state index in [2.05, 4.69) is 62.3 Å². The van der Waals surface area contributed by atoms with Gasteiger partial charge in [0.25, 0.3) is 0 Å². The summed E-state index contributed by atoms with van der Waals surface area (Å²) in [6.07, 6.45) is 0. The average molecular weight is 294 g/mol. The van der Waals surface area contributed by atoms with Gasteiger partial charge in [-0.3, -0.25) is 4.99 Å². The number of hydrogen-bond acceptors (Lipinski definition) is 2. The Labute approximate surface area is 133 Å². The van der Waals surface area contributed by atoms with Crippen LogP contribution in [0.1, 0.15) is 50.7 Å². The van der Waals surface area contributed by atoms with Crippen molar-refractivity contribution < 1.29 is 0 Å². The fraction of sp³-hybridized carbons (Fsp3) is 0.350. The van der Waals surface area contributed by atoms with Gasteiger partial charge < -0.3 is 5.32 Å². The van der Waals surface area contributed by atoms with Crippen molar-refractivity contribution in [3.63, 3.8) is 0 Å². The van der Waals surface area contributed by atoms with Gasteiger partial charge in [-0.2, -0.15) is 0 Å². The molecule has 0 saturated heterocycles. The molecule has 0 bridgehead atoms. The maximum Gasteiger partial charge on any atom is 0.0805 e. The highest BCUT2D eigenvalue weighted by atomic mass is 14.9. The molecule has 0 saturated carbocycles. The van der Waals surface area contributed by atoms with Crippen molar-refractivity contribution in [1.82, 2.24) is 0 Å². The smallest absolute Gasteiger partial charge is 0.0805 e. The number of hydrogen-bond donors (Lipinski definition) is 1. The van der Waals surface area contributed by atoms with Crippen LogP contribution in [0.15, 0.2) is 53.5 Å². The Morgan fingerprint density at radius 2 is 1.36 bits per heavy atom. The van der Waals surface area contributed by atoms with E-state index in [0.29, 0.717) is 11.8 Å². The van der Waals surface area contributed by atoms with Crippen LogP contribution in [0.25, 0.3) is 0 Å². The van der Waals surface area contributed by atoms with Crippen molar-refractivity contribution in [1.29, 1.82) is 0 Å². The summed E-state index contributed by atoms with van der Waals surface area (Å²) in [5.41, 5.74) is 4.96. The molecule has 2 aromatic rings. The predicted octanol–water partition coefficient (Wildman–Crippen LogP) is 5.21. The van der Waals surface area contributed by atoms with Crippen molar-refractivity contribution >= 4 is 11.4 Å². The third-order valence-electron chi connectivity index (χ3n) is 3.89. The van der Waals surface area contributed by atoms with E-state index in [0.717, 1.165) is 11.0 Å². The van der Waals surface area contributed by atoms with Crippen LogP contribution in [0.5, 0.6) is 0 Å². The molecule has 0 aromatic heterocycles. The van der Waals surface area contributed by atoms with E-state index in [-0.39, 0.29) is 0 Å². The van der Waals surface area contributed by atoms with Gasteiger partial charge in [0.2, 0.25) is 0 Å². The van der Waals surface area contributed by atoms with Gasteiger partial charge in [-0.1, -0.05) is 64.1 Å². The third-order valence-corrected chi connectivity index (χ3v) is 3.89. The van der Waals surface area contributed by atoms with Crippen molar-refractivity contribution in [2.75, 3.05) is 12.4 Å². The second kappa shape index (κ2) is 7.26. The zero-order chi connectivity index (χ0) is 16.1. The van der Waals surface area contributed by atoms with Gasteiger partial charge in [-0.15, -0.1) is 0 Å². The van der Waals surface area contributed by atoms with Crippen LogP contribution >= 0.6 is 0 Å². The van der Waals surface area contributed by atoms with E-state index in [1.165, 1.54) is 16.8 Å². The first-order valence-electron chi connectivity index (χ1n) is 7.96. The number of nitrogens with zero attached hydrogens (tertiary/aromatic N) is 1. The minimum atomic E-state index is 0.473. The predicted molar refractivity (Wildman–Crippen MR) is 95.8 cm³/mol. The van der Waals surface area contributed by atoms with Crippen LogP contribution in [0.2, 0.25) is 0 Å². The lowest BCUT2D eigenvalue weighted by atomic mass is 9.92. The first-order valence-corrected chi connectivity index (χ1v) is 7.96. The first kappa shape index (κ1) is 16.3. The highest BCUT2D eigenvalue weighted by Gasteiger charge is 2.14. The molecule has 0 aliphatic carbocycles. The zero-order valence-corrected chi connectivity index (χ0v) is 14.2. The Morgan fingerprint density at radius 3 is 1.91 bits per heavy atom. The summed E-state index contributed by atoms with van der Waals surface area (Å²) in [7, 11) is 1.83. The van der Waals surface area contributed by atoms with E-state index in [1.807, 2.05) is 31.3 Å². The van der Waals surface area contributed by atoms with Crippen molar-refractivity contribution in [2.45, 2.75) is 39.5 Å². The van der Waals surface area contributed by atoms with E-state index in [1.54, 1.807) is 0 Å². The largest absolute Gasteiger partial charge is 0.353 e. The molecule has 2 nitrogen and oxygen atoms in total. The van der Waals surface area contributed by atoms with Gasteiger partial charge in [0, 0.05) is 12.7 Å². The molecule has 0 fully saturated rings. The van der Waals surface area contributed by atoms with Crippen LogP contribution in [0, 0.1) is 0 Å². The van der Waals surface area contributed by atoms with Crippen molar-refractivity contribution in [3.8, 4) is 0 Å². The minimum Gasteiger partial charge on any atom is -0.353 e. The van der Waals surface area contributed by atoms with Crippen LogP contribution in [-0.4, -0.2) is 7.05 Å². The maximum absolute atomic E-state index is 4.39. The summed E-state index contributed by atoms with van der Waals surface area (Å²) in [6, 6.07) is 16.8. The molecule has 0 amide bonds. The molecule has 2 heteroatoms. The van der Waals surface area contributed by atoms with E-state index >= 15 is 0 Å². The highest BCUT2D eigenvalue weighted by Crippen LogP contribution is 2.33. The molecule has 0 atom stereocenters. The Balaban J connectivity index is 2.61. The summed E-state index contributed by atoms with van der Waals surface area (Å²) in [5, 5.41) is 4.62. The monoisotopic (exact) mass is 294 g/mol. The molecule has 0 spiro atoms. The van der Waals surface area contributed by atoms with Crippen LogP contribution < -0.4 is 10.7 Å². The molecule has 2 rings (SSSR count). The summed E-state index contributed by atoms with van der Waals surface area (Å²) >= 11 is 0. The van der Waals surface area contributed by atoms with Crippen LogP contribution in [0.4, 0.5) is 11.4 Å². The minimum absolute atomic E-state index is 0.473. The van der Waals surface area contributed by atoms with Gasteiger partial charge in [-0.05, 0) is 35.1 Å². The van der Waals surface area contributed by atoms with Crippen molar-refractivity contribution in [2.24, 2.45) is 4.99 Å².